The Balaban J connectivity index is 2.48. The summed E-state index contributed by atoms with van der Waals surface area (Å²) in [6.45, 7) is 0. The summed E-state index contributed by atoms with van der Waals surface area (Å²) >= 11 is 0. The van der Waals surface area contributed by atoms with Gasteiger partial charge >= 0.3 is 0 Å². The first-order chi connectivity index (χ1) is 6.81. The molecule has 2 rings (SSSR count). The third-order valence-electron chi connectivity index (χ3n) is 1.82. The SMILES string of the molecule is O=Cc1ccc(-n2cncn2)cc1O. The number of aromatic nitrogens is 3. The molecular formula is C9H7N3O2. The minimum absolute atomic E-state index is 0.0620. The van der Waals surface area contributed by atoms with E-state index < -0.39 is 0 Å². The summed E-state index contributed by atoms with van der Waals surface area (Å²) in [5.74, 6) is -0.0620. The lowest BCUT2D eigenvalue weighted by Gasteiger charge is -2.02. The minimum Gasteiger partial charge on any atom is -0.507 e. The third kappa shape index (κ3) is 1.35. The Bertz CT molecular complexity index is 451. The molecule has 0 amide bonds. The van der Waals surface area contributed by atoms with Gasteiger partial charge in [0.05, 0.1) is 11.3 Å². The largest absolute Gasteiger partial charge is 0.507 e. The fourth-order valence-corrected chi connectivity index (χ4v) is 1.12. The van der Waals surface area contributed by atoms with Crippen LogP contribution in [0.3, 0.4) is 0 Å². The maximum atomic E-state index is 10.4. The molecular weight excluding hydrogens is 182 g/mol. The van der Waals surface area contributed by atoms with E-state index in [-0.39, 0.29) is 11.3 Å². The van der Waals surface area contributed by atoms with Crippen molar-refractivity contribution in [2.24, 2.45) is 0 Å². The lowest BCUT2D eigenvalue weighted by molar-refractivity contribution is 0.112. The van der Waals surface area contributed by atoms with Crippen LogP contribution >= 0.6 is 0 Å². The van der Waals surface area contributed by atoms with Gasteiger partial charge in [0, 0.05) is 6.07 Å². The fraction of sp³-hybridized carbons (Fsp3) is 0. The molecule has 0 saturated carbocycles. The van der Waals surface area contributed by atoms with Crippen LogP contribution in [0.5, 0.6) is 5.75 Å². The molecule has 0 saturated heterocycles. The van der Waals surface area contributed by atoms with Crippen molar-refractivity contribution in [2.45, 2.75) is 0 Å². The van der Waals surface area contributed by atoms with Crippen molar-refractivity contribution in [3.8, 4) is 11.4 Å². The van der Waals surface area contributed by atoms with Gasteiger partial charge in [-0.05, 0) is 12.1 Å². The van der Waals surface area contributed by atoms with Gasteiger partial charge in [-0.1, -0.05) is 0 Å². The number of hydrogen-bond acceptors (Lipinski definition) is 4. The summed E-state index contributed by atoms with van der Waals surface area (Å²) in [7, 11) is 0. The molecule has 0 aliphatic rings. The van der Waals surface area contributed by atoms with Crippen LogP contribution in [0.1, 0.15) is 10.4 Å². The molecule has 5 heteroatoms. The van der Waals surface area contributed by atoms with Crippen molar-refractivity contribution in [1.29, 1.82) is 0 Å². The Labute approximate surface area is 79.6 Å². The molecule has 0 fully saturated rings. The number of nitrogens with zero attached hydrogens (tertiary/aromatic N) is 3. The van der Waals surface area contributed by atoms with Crippen molar-refractivity contribution in [2.75, 3.05) is 0 Å². The number of carbonyl (C=O) groups excluding carboxylic acids is 1. The number of aldehydes is 1. The van der Waals surface area contributed by atoms with Gasteiger partial charge < -0.3 is 5.11 Å². The van der Waals surface area contributed by atoms with E-state index in [4.69, 9.17) is 0 Å². The lowest BCUT2D eigenvalue weighted by atomic mass is 10.2. The average molecular weight is 189 g/mol. The predicted octanol–water partition coefficient (Wildman–Crippen LogP) is 0.785. The van der Waals surface area contributed by atoms with Gasteiger partial charge in [0.15, 0.2) is 6.29 Å². The predicted molar refractivity (Wildman–Crippen MR) is 48.4 cm³/mol. The molecule has 0 spiro atoms. The highest BCUT2D eigenvalue weighted by Gasteiger charge is 2.02. The number of hydrogen-bond donors (Lipinski definition) is 1. The summed E-state index contributed by atoms with van der Waals surface area (Å²) in [6, 6.07) is 4.66. The topological polar surface area (TPSA) is 68.0 Å². The third-order valence-corrected chi connectivity index (χ3v) is 1.82. The summed E-state index contributed by atoms with van der Waals surface area (Å²) < 4.78 is 1.49. The molecule has 14 heavy (non-hydrogen) atoms. The van der Waals surface area contributed by atoms with Crippen molar-refractivity contribution in [1.82, 2.24) is 14.8 Å². The zero-order chi connectivity index (χ0) is 9.97. The minimum atomic E-state index is -0.0620. The summed E-state index contributed by atoms with van der Waals surface area (Å²) in [5.41, 5.74) is 0.916. The molecule has 0 aliphatic heterocycles. The van der Waals surface area contributed by atoms with E-state index in [0.29, 0.717) is 12.0 Å². The number of aromatic hydroxyl groups is 1. The van der Waals surface area contributed by atoms with Gasteiger partial charge in [-0.15, -0.1) is 0 Å². The zero-order valence-electron chi connectivity index (χ0n) is 7.16. The van der Waals surface area contributed by atoms with E-state index in [9.17, 15) is 9.90 Å². The Morgan fingerprint density at radius 1 is 1.43 bits per heavy atom. The molecule has 70 valence electrons. The first kappa shape index (κ1) is 8.43. The number of benzene rings is 1. The van der Waals surface area contributed by atoms with Gasteiger partial charge in [0.25, 0.3) is 0 Å². The van der Waals surface area contributed by atoms with E-state index in [1.165, 1.54) is 29.5 Å². The number of rotatable bonds is 2. The molecule has 1 aromatic carbocycles. The van der Waals surface area contributed by atoms with Gasteiger partial charge in [0.1, 0.15) is 18.4 Å². The first-order valence-corrected chi connectivity index (χ1v) is 3.94. The van der Waals surface area contributed by atoms with Gasteiger partial charge in [-0.2, -0.15) is 5.10 Å². The molecule has 2 aromatic rings. The molecule has 0 radical (unpaired) electrons. The molecule has 0 bridgehead atoms. The Morgan fingerprint density at radius 3 is 2.86 bits per heavy atom. The van der Waals surface area contributed by atoms with Crippen LogP contribution in [0, 0.1) is 0 Å². The molecule has 0 atom stereocenters. The van der Waals surface area contributed by atoms with Crippen LogP contribution in [-0.4, -0.2) is 26.2 Å². The van der Waals surface area contributed by atoms with Crippen molar-refractivity contribution in [3.63, 3.8) is 0 Å². The Kier molecular flexibility index (Phi) is 1.98. The molecule has 1 aromatic heterocycles. The molecule has 0 unspecified atom stereocenters. The highest BCUT2D eigenvalue weighted by atomic mass is 16.3. The van der Waals surface area contributed by atoms with E-state index in [0.717, 1.165) is 0 Å². The second-order valence-corrected chi connectivity index (χ2v) is 2.70. The van der Waals surface area contributed by atoms with Crippen LogP contribution in [0.15, 0.2) is 30.9 Å². The summed E-state index contributed by atoms with van der Waals surface area (Å²) in [6.07, 6.45) is 3.50. The molecule has 1 N–H and O–H groups in total. The normalized spacial score (nSPS) is 10.0. The van der Waals surface area contributed by atoms with Gasteiger partial charge in [-0.25, -0.2) is 9.67 Å². The first-order valence-electron chi connectivity index (χ1n) is 3.94. The van der Waals surface area contributed by atoms with Crippen molar-refractivity contribution in [3.05, 3.63) is 36.4 Å². The monoisotopic (exact) mass is 189 g/mol. The smallest absolute Gasteiger partial charge is 0.153 e. The fourth-order valence-electron chi connectivity index (χ4n) is 1.12. The number of phenolic OH excluding ortho intramolecular Hbond substituents is 1. The van der Waals surface area contributed by atoms with Crippen LogP contribution in [0.2, 0.25) is 0 Å². The second kappa shape index (κ2) is 3.29. The number of carbonyl (C=O) groups is 1. The highest BCUT2D eigenvalue weighted by Crippen LogP contribution is 2.18. The van der Waals surface area contributed by atoms with E-state index >= 15 is 0 Å². The quantitative estimate of drug-likeness (QED) is 0.709. The Morgan fingerprint density at radius 2 is 2.29 bits per heavy atom. The average Bonchev–Trinajstić information content (AvgIpc) is 2.70. The maximum Gasteiger partial charge on any atom is 0.153 e. The van der Waals surface area contributed by atoms with E-state index in [1.807, 2.05) is 0 Å². The molecule has 5 nitrogen and oxygen atoms in total. The zero-order valence-corrected chi connectivity index (χ0v) is 7.16. The van der Waals surface area contributed by atoms with E-state index in [2.05, 4.69) is 10.1 Å². The van der Waals surface area contributed by atoms with Gasteiger partial charge in [-0.3, -0.25) is 4.79 Å². The van der Waals surface area contributed by atoms with Crippen molar-refractivity contribution < 1.29 is 9.90 Å². The van der Waals surface area contributed by atoms with Crippen LogP contribution in [0.4, 0.5) is 0 Å². The number of phenols is 1. The molecule has 0 aliphatic carbocycles. The maximum absolute atomic E-state index is 10.4. The van der Waals surface area contributed by atoms with Crippen molar-refractivity contribution >= 4 is 6.29 Å². The summed E-state index contributed by atoms with van der Waals surface area (Å²) in [4.78, 5) is 14.2. The van der Waals surface area contributed by atoms with Crippen LogP contribution in [-0.2, 0) is 0 Å². The van der Waals surface area contributed by atoms with Crippen LogP contribution in [0.25, 0.3) is 5.69 Å². The van der Waals surface area contributed by atoms with E-state index in [1.54, 1.807) is 6.07 Å². The highest BCUT2D eigenvalue weighted by molar-refractivity contribution is 5.79. The summed E-state index contributed by atoms with van der Waals surface area (Å²) in [5, 5.41) is 13.3. The molecule has 1 heterocycles. The standard InChI is InChI=1S/C9H7N3O2/c13-4-7-1-2-8(3-9(7)14)12-6-10-5-11-12/h1-6,14H. The second-order valence-electron chi connectivity index (χ2n) is 2.70. The van der Waals surface area contributed by atoms with Crippen LogP contribution < -0.4 is 0 Å². The Hall–Kier alpha value is -2.17. The van der Waals surface area contributed by atoms with Gasteiger partial charge in [0.2, 0.25) is 0 Å². The lowest BCUT2D eigenvalue weighted by Crippen LogP contribution is -1.94.